The Balaban J connectivity index is 3.31. The van der Waals surface area contributed by atoms with E-state index in [-0.39, 0.29) is 5.44 Å². The molecule has 0 aromatic rings. The molecular weight excluding hydrogens is 252 g/mol. The van der Waals surface area contributed by atoms with Crippen molar-refractivity contribution in [1.82, 2.24) is 0 Å². The van der Waals surface area contributed by atoms with Crippen LogP contribution in [-0.2, 0) is 0 Å². The summed E-state index contributed by atoms with van der Waals surface area (Å²) >= 11 is 0. The fourth-order valence-corrected chi connectivity index (χ4v) is 4.67. The van der Waals surface area contributed by atoms with Crippen molar-refractivity contribution >= 4 is 10.0 Å². The van der Waals surface area contributed by atoms with E-state index in [2.05, 4.69) is 26.4 Å². The number of aliphatic hydroxyl groups excluding tert-OH is 1. The van der Waals surface area contributed by atoms with E-state index in [9.17, 15) is 5.11 Å². The molecule has 0 aliphatic heterocycles. The van der Waals surface area contributed by atoms with Crippen molar-refractivity contribution in [2.24, 2.45) is 0 Å². The number of unbranched alkanes of at least 4 members (excludes halogenated alkanes) is 9. The highest BCUT2D eigenvalue weighted by molar-refractivity contribution is 8.33. The van der Waals surface area contributed by atoms with E-state index >= 15 is 0 Å². The summed E-state index contributed by atoms with van der Waals surface area (Å²) in [5.74, 6) is 1.25. The Hall–Kier alpha value is 0.310. The molecule has 1 unspecified atom stereocenters. The van der Waals surface area contributed by atoms with Crippen molar-refractivity contribution in [3.05, 3.63) is 0 Å². The second kappa shape index (κ2) is 12.1. The van der Waals surface area contributed by atoms with Crippen LogP contribution in [0.1, 0.15) is 84.5 Å². The van der Waals surface area contributed by atoms with Crippen molar-refractivity contribution < 1.29 is 5.11 Å². The van der Waals surface area contributed by atoms with E-state index in [0.717, 1.165) is 6.42 Å². The SMILES string of the molecule is CCCCCCCCCCCCS(C)(C)C(O)CC. The van der Waals surface area contributed by atoms with Gasteiger partial charge in [0.15, 0.2) is 0 Å². The minimum atomic E-state index is -0.762. The first kappa shape index (κ1) is 19.3. The van der Waals surface area contributed by atoms with Crippen LogP contribution < -0.4 is 0 Å². The fraction of sp³-hybridized carbons (Fsp3) is 1.00. The van der Waals surface area contributed by atoms with E-state index in [1.54, 1.807) is 0 Å². The smallest absolute Gasteiger partial charge is 0.0836 e. The van der Waals surface area contributed by atoms with E-state index in [1.807, 2.05) is 0 Å². The third kappa shape index (κ3) is 10.7. The predicted molar refractivity (Wildman–Crippen MR) is 92.4 cm³/mol. The standard InChI is InChI=1S/C17H38OS/c1-5-7-8-9-10-11-12-13-14-15-16-19(3,4)17(18)6-2/h17-18H,5-16H2,1-4H3. The van der Waals surface area contributed by atoms with E-state index < -0.39 is 10.0 Å². The summed E-state index contributed by atoms with van der Waals surface area (Å²) in [4.78, 5) is 0. The van der Waals surface area contributed by atoms with Crippen LogP contribution in [0.15, 0.2) is 0 Å². The summed E-state index contributed by atoms with van der Waals surface area (Å²) in [6.45, 7) is 4.37. The maximum absolute atomic E-state index is 9.97. The van der Waals surface area contributed by atoms with Gasteiger partial charge >= 0.3 is 0 Å². The lowest BCUT2D eigenvalue weighted by Gasteiger charge is -2.36. The van der Waals surface area contributed by atoms with Crippen LogP contribution >= 0.6 is 10.0 Å². The number of rotatable bonds is 13. The third-order valence-corrected chi connectivity index (χ3v) is 7.26. The molecule has 0 rings (SSSR count). The quantitative estimate of drug-likeness (QED) is 0.431. The number of hydrogen-bond donors (Lipinski definition) is 1. The molecule has 0 heterocycles. The maximum atomic E-state index is 9.97. The maximum Gasteiger partial charge on any atom is 0.0836 e. The van der Waals surface area contributed by atoms with Crippen LogP contribution in [0, 0.1) is 0 Å². The summed E-state index contributed by atoms with van der Waals surface area (Å²) < 4.78 is 0. The molecule has 118 valence electrons. The molecule has 0 aromatic carbocycles. The first-order valence-corrected chi connectivity index (χ1v) is 11.1. The van der Waals surface area contributed by atoms with Crippen molar-refractivity contribution in [3.8, 4) is 0 Å². The van der Waals surface area contributed by atoms with Gasteiger partial charge < -0.3 is 5.11 Å². The van der Waals surface area contributed by atoms with Crippen molar-refractivity contribution in [2.45, 2.75) is 89.9 Å². The van der Waals surface area contributed by atoms with Gasteiger partial charge in [-0.2, -0.15) is 0 Å². The van der Waals surface area contributed by atoms with Crippen LogP contribution in [0.2, 0.25) is 0 Å². The van der Waals surface area contributed by atoms with Crippen LogP contribution in [0.4, 0.5) is 0 Å². The van der Waals surface area contributed by atoms with Crippen LogP contribution in [0.5, 0.6) is 0 Å². The minimum absolute atomic E-state index is 0.0499. The molecule has 19 heavy (non-hydrogen) atoms. The molecule has 0 amide bonds. The Morgan fingerprint density at radius 1 is 0.737 bits per heavy atom. The highest BCUT2D eigenvalue weighted by Crippen LogP contribution is 2.46. The molecule has 1 N–H and O–H groups in total. The van der Waals surface area contributed by atoms with Gasteiger partial charge in [-0.25, -0.2) is 10.0 Å². The lowest BCUT2D eigenvalue weighted by Crippen LogP contribution is -2.17. The molecule has 0 aliphatic rings. The Labute approximate surface area is 123 Å². The van der Waals surface area contributed by atoms with Crippen LogP contribution in [0.3, 0.4) is 0 Å². The lowest BCUT2D eigenvalue weighted by molar-refractivity contribution is 0.255. The zero-order valence-electron chi connectivity index (χ0n) is 13.9. The molecule has 2 heteroatoms. The van der Waals surface area contributed by atoms with Gasteiger partial charge in [-0.15, -0.1) is 0 Å². The second-order valence-corrected chi connectivity index (χ2v) is 10.6. The predicted octanol–water partition coefficient (Wildman–Crippen LogP) is 5.70. The summed E-state index contributed by atoms with van der Waals surface area (Å²) in [5.41, 5.74) is -0.0499. The molecule has 0 aromatic heterocycles. The normalized spacial score (nSPS) is 14.6. The molecule has 0 spiro atoms. The summed E-state index contributed by atoms with van der Waals surface area (Å²) in [6, 6.07) is 0. The third-order valence-electron chi connectivity index (χ3n) is 4.11. The molecule has 0 saturated heterocycles. The summed E-state index contributed by atoms with van der Waals surface area (Å²) in [6.07, 6.45) is 19.5. The monoisotopic (exact) mass is 290 g/mol. The first-order valence-electron chi connectivity index (χ1n) is 8.42. The van der Waals surface area contributed by atoms with Gasteiger partial charge in [-0.1, -0.05) is 71.6 Å². The number of hydrogen-bond acceptors (Lipinski definition) is 1. The van der Waals surface area contributed by atoms with E-state index in [1.165, 1.54) is 70.0 Å². The zero-order valence-corrected chi connectivity index (χ0v) is 14.7. The first-order chi connectivity index (χ1) is 9.04. The average molecular weight is 291 g/mol. The van der Waals surface area contributed by atoms with Crippen molar-refractivity contribution in [1.29, 1.82) is 0 Å². The minimum Gasteiger partial charge on any atom is -0.384 e. The highest BCUT2D eigenvalue weighted by atomic mass is 32.3. The molecule has 0 saturated carbocycles. The lowest BCUT2D eigenvalue weighted by atomic mass is 10.1. The zero-order chi connectivity index (χ0) is 14.6. The van der Waals surface area contributed by atoms with Gasteiger partial charge in [0.2, 0.25) is 0 Å². The molecule has 1 atom stereocenters. The number of aliphatic hydroxyl groups is 1. The Morgan fingerprint density at radius 3 is 1.58 bits per heavy atom. The fourth-order valence-electron chi connectivity index (χ4n) is 2.55. The van der Waals surface area contributed by atoms with Crippen LogP contribution in [0.25, 0.3) is 0 Å². The molecule has 0 fully saturated rings. The Morgan fingerprint density at radius 2 is 1.16 bits per heavy atom. The van der Waals surface area contributed by atoms with Crippen LogP contribution in [-0.4, -0.2) is 28.8 Å². The molecule has 0 aliphatic carbocycles. The van der Waals surface area contributed by atoms with Gasteiger partial charge in [0.1, 0.15) is 0 Å². The van der Waals surface area contributed by atoms with Gasteiger partial charge in [-0.05, 0) is 31.1 Å². The molecule has 0 radical (unpaired) electrons. The van der Waals surface area contributed by atoms with Crippen molar-refractivity contribution in [3.63, 3.8) is 0 Å². The topological polar surface area (TPSA) is 20.2 Å². The molecule has 1 nitrogen and oxygen atoms in total. The molecular formula is C17H38OS. The summed E-state index contributed by atoms with van der Waals surface area (Å²) in [5, 5.41) is 9.97. The summed E-state index contributed by atoms with van der Waals surface area (Å²) in [7, 11) is -0.762. The highest BCUT2D eigenvalue weighted by Gasteiger charge is 2.19. The largest absolute Gasteiger partial charge is 0.384 e. The van der Waals surface area contributed by atoms with Gasteiger partial charge in [0, 0.05) is 0 Å². The average Bonchev–Trinajstić information content (AvgIpc) is 2.39. The van der Waals surface area contributed by atoms with Gasteiger partial charge in [0.05, 0.1) is 5.44 Å². The van der Waals surface area contributed by atoms with Crippen molar-refractivity contribution in [2.75, 3.05) is 18.3 Å². The van der Waals surface area contributed by atoms with E-state index in [0.29, 0.717) is 0 Å². The second-order valence-electron chi connectivity index (χ2n) is 6.37. The van der Waals surface area contributed by atoms with Gasteiger partial charge in [-0.3, -0.25) is 0 Å². The van der Waals surface area contributed by atoms with Gasteiger partial charge in [0.25, 0.3) is 0 Å². The Kier molecular flexibility index (Phi) is 12.3. The molecule has 0 bridgehead atoms. The van der Waals surface area contributed by atoms with E-state index in [4.69, 9.17) is 0 Å². The Bertz CT molecular complexity index is 192.